The standard InChI is InChI=1S/C31H30ClN3O8S2/c1-41-25-10-8-24(9-11-25)35(45(39,40)27-14-15-29(42-2)30(19-27)43-3)20-31(36)33-23-7-4-21-16-17-34(28(21)18-23)44(37,38)26-12-5-22(32)6-13-26/h4-15,18-19H,16-17,20H2,1-3H3,(H,33,36). The first-order valence-electron chi connectivity index (χ1n) is 13.6. The Morgan fingerprint density at radius 2 is 1.49 bits per heavy atom. The van der Waals surface area contributed by atoms with Crippen LogP contribution in [0.4, 0.5) is 17.1 Å². The molecule has 0 bridgehead atoms. The number of sulfonamides is 2. The minimum Gasteiger partial charge on any atom is -0.497 e. The predicted octanol–water partition coefficient (Wildman–Crippen LogP) is 4.95. The van der Waals surface area contributed by atoms with Gasteiger partial charge in [0.15, 0.2) is 11.5 Å². The number of carbonyl (C=O) groups is 1. The number of halogens is 1. The summed E-state index contributed by atoms with van der Waals surface area (Å²) in [7, 11) is -3.87. The smallest absolute Gasteiger partial charge is 0.264 e. The summed E-state index contributed by atoms with van der Waals surface area (Å²) in [6.07, 6.45) is 0.491. The third kappa shape index (κ3) is 6.51. The third-order valence-electron chi connectivity index (χ3n) is 7.21. The average molecular weight is 672 g/mol. The molecule has 14 heteroatoms. The maximum atomic E-state index is 13.9. The van der Waals surface area contributed by atoms with Crippen molar-refractivity contribution in [3.63, 3.8) is 0 Å². The molecule has 5 rings (SSSR count). The Kier molecular flexibility index (Phi) is 9.14. The number of benzene rings is 4. The first kappa shape index (κ1) is 31.9. The SMILES string of the molecule is COc1ccc(N(CC(=O)Nc2ccc3c(c2)N(S(=O)(=O)c2ccc(Cl)cc2)CC3)S(=O)(=O)c2ccc(OC)c(OC)c2)cc1. The highest BCUT2D eigenvalue weighted by Crippen LogP contribution is 2.36. The summed E-state index contributed by atoms with van der Waals surface area (Å²) in [5.74, 6) is 0.394. The number of hydrogen-bond donors (Lipinski definition) is 1. The van der Waals surface area contributed by atoms with E-state index in [9.17, 15) is 21.6 Å². The van der Waals surface area contributed by atoms with E-state index in [1.807, 2.05) is 0 Å². The fourth-order valence-electron chi connectivity index (χ4n) is 4.91. The van der Waals surface area contributed by atoms with Gasteiger partial charge in [-0.25, -0.2) is 16.8 Å². The molecular formula is C31H30ClN3O8S2. The quantitative estimate of drug-likeness (QED) is 0.237. The summed E-state index contributed by atoms with van der Waals surface area (Å²) in [6, 6.07) is 21.2. The van der Waals surface area contributed by atoms with E-state index in [2.05, 4.69) is 5.32 Å². The molecule has 0 saturated heterocycles. The first-order valence-corrected chi connectivity index (χ1v) is 16.8. The van der Waals surface area contributed by atoms with Gasteiger partial charge in [-0.2, -0.15) is 0 Å². The average Bonchev–Trinajstić information content (AvgIpc) is 3.47. The van der Waals surface area contributed by atoms with Gasteiger partial charge in [-0.1, -0.05) is 17.7 Å². The van der Waals surface area contributed by atoms with Crippen LogP contribution < -0.4 is 28.1 Å². The zero-order chi connectivity index (χ0) is 32.4. The van der Waals surface area contributed by atoms with Gasteiger partial charge in [0.2, 0.25) is 5.91 Å². The molecule has 45 heavy (non-hydrogen) atoms. The van der Waals surface area contributed by atoms with Gasteiger partial charge in [0.1, 0.15) is 12.3 Å². The lowest BCUT2D eigenvalue weighted by Crippen LogP contribution is -2.38. The van der Waals surface area contributed by atoms with Gasteiger partial charge >= 0.3 is 0 Å². The summed E-state index contributed by atoms with van der Waals surface area (Å²) in [5, 5.41) is 3.14. The highest BCUT2D eigenvalue weighted by Gasteiger charge is 2.32. The van der Waals surface area contributed by atoms with Gasteiger partial charge in [0.25, 0.3) is 20.0 Å². The lowest BCUT2D eigenvalue weighted by molar-refractivity contribution is -0.114. The minimum absolute atomic E-state index is 0.0877. The normalized spacial score (nSPS) is 12.8. The molecule has 1 heterocycles. The van der Waals surface area contributed by atoms with Gasteiger partial charge in [-0.3, -0.25) is 13.4 Å². The van der Waals surface area contributed by atoms with Crippen LogP contribution in [0.2, 0.25) is 5.02 Å². The molecule has 1 aliphatic heterocycles. The molecular weight excluding hydrogens is 642 g/mol. The monoisotopic (exact) mass is 671 g/mol. The van der Waals surface area contributed by atoms with Crippen molar-refractivity contribution in [2.75, 3.05) is 48.3 Å². The fourth-order valence-corrected chi connectivity index (χ4v) is 7.97. The molecule has 1 amide bonds. The molecule has 0 aliphatic carbocycles. The zero-order valence-electron chi connectivity index (χ0n) is 24.6. The second kappa shape index (κ2) is 12.9. The molecule has 0 saturated carbocycles. The van der Waals surface area contributed by atoms with E-state index in [1.54, 1.807) is 30.3 Å². The molecule has 0 fully saturated rings. The molecule has 0 atom stereocenters. The van der Waals surface area contributed by atoms with E-state index in [0.29, 0.717) is 34.3 Å². The number of rotatable bonds is 11. The second-order valence-corrected chi connectivity index (χ2v) is 14.1. The minimum atomic E-state index is -4.29. The van der Waals surface area contributed by atoms with E-state index in [0.717, 1.165) is 9.87 Å². The van der Waals surface area contributed by atoms with Crippen molar-refractivity contribution in [3.8, 4) is 17.2 Å². The molecule has 0 unspecified atom stereocenters. The Hall–Kier alpha value is -4.46. The van der Waals surface area contributed by atoms with E-state index < -0.39 is 32.5 Å². The number of nitrogens with zero attached hydrogens (tertiary/aromatic N) is 2. The molecule has 0 radical (unpaired) electrons. The van der Waals surface area contributed by atoms with Crippen LogP contribution in [-0.4, -0.2) is 57.2 Å². The summed E-state index contributed by atoms with van der Waals surface area (Å²) in [4.78, 5) is 13.4. The van der Waals surface area contributed by atoms with Crippen LogP contribution in [0.5, 0.6) is 17.2 Å². The Balaban J connectivity index is 1.44. The van der Waals surface area contributed by atoms with Crippen molar-refractivity contribution in [2.45, 2.75) is 16.2 Å². The zero-order valence-corrected chi connectivity index (χ0v) is 26.9. The number of hydrogen-bond acceptors (Lipinski definition) is 8. The topological polar surface area (TPSA) is 132 Å². The molecule has 0 spiro atoms. The van der Waals surface area contributed by atoms with Gasteiger partial charge in [0.05, 0.1) is 42.5 Å². The summed E-state index contributed by atoms with van der Waals surface area (Å²) < 4.78 is 72.7. The van der Waals surface area contributed by atoms with E-state index in [4.69, 9.17) is 25.8 Å². The van der Waals surface area contributed by atoms with Crippen molar-refractivity contribution in [1.82, 2.24) is 0 Å². The maximum absolute atomic E-state index is 13.9. The van der Waals surface area contributed by atoms with Gasteiger partial charge < -0.3 is 19.5 Å². The van der Waals surface area contributed by atoms with Gasteiger partial charge in [0, 0.05) is 23.3 Å². The molecule has 1 aliphatic rings. The molecule has 4 aromatic rings. The Morgan fingerprint density at radius 1 is 0.822 bits per heavy atom. The number of nitrogens with one attached hydrogen (secondary N) is 1. The van der Waals surface area contributed by atoms with Crippen LogP contribution >= 0.6 is 11.6 Å². The number of ether oxygens (including phenoxy) is 3. The van der Waals surface area contributed by atoms with Crippen molar-refractivity contribution in [1.29, 1.82) is 0 Å². The highest BCUT2D eigenvalue weighted by molar-refractivity contribution is 7.93. The van der Waals surface area contributed by atoms with Crippen LogP contribution in [0, 0.1) is 0 Å². The molecule has 0 aromatic heterocycles. The fraction of sp³-hybridized carbons (Fsp3) is 0.194. The highest BCUT2D eigenvalue weighted by atomic mass is 35.5. The van der Waals surface area contributed by atoms with Crippen LogP contribution in [0.3, 0.4) is 0 Å². The van der Waals surface area contributed by atoms with Crippen LogP contribution in [0.25, 0.3) is 0 Å². The largest absolute Gasteiger partial charge is 0.497 e. The van der Waals surface area contributed by atoms with Gasteiger partial charge in [-0.05, 0) is 84.8 Å². The number of carbonyl (C=O) groups excluding carboxylic acids is 1. The van der Waals surface area contributed by atoms with E-state index in [-0.39, 0.29) is 27.8 Å². The Bertz CT molecular complexity index is 1930. The molecule has 1 N–H and O–H groups in total. The van der Waals surface area contributed by atoms with E-state index in [1.165, 1.54) is 80.2 Å². The van der Waals surface area contributed by atoms with Gasteiger partial charge in [-0.15, -0.1) is 0 Å². The summed E-state index contributed by atoms with van der Waals surface area (Å²) in [5.41, 5.74) is 1.74. The predicted molar refractivity (Wildman–Crippen MR) is 172 cm³/mol. The molecule has 11 nitrogen and oxygen atoms in total. The lowest BCUT2D eigenvalue weighted by atomic mass is 10.1. The van der Waals surface area contributed by atoms with Crippen LogP contribution in [-0.2, 0) is 31.3 Å². The van der Waals surface area contributed by atoms with Crippen molar-refractivity contribution in [2.24, 2.45) is 0 Å². The Morgan fingerprint density at radius 3 is 2.13 bits per heavy atom. The van der Waals surface area contributed by atoms with Crippen molar-refractivity contribution >= 4 is 54.6 Å². The number of methoxy groups -OCH3 is 3. The summed E-state index contributed by atoms with van der Waals surface area (Å²) >= 11 is 5.94. The van der Waals surface area contributed by atoms with Crippen molar-refractivity contribution < 1.29 is 35.8 Å². The lowest BCUT2D eigenvalue weighted by Gasteiger charge is -2.25. The summed E-state index contributed by atoms with van der Waals surface area (Å²) in [6.45, 7) is -0.362. The maximum Gasteiger partial charge on any atom is 0.264 e. The molecule has 4 aromatic carbocycles. The van der Waals surface area contributed by atoms with E-state index >= 15 is 0 Å². The Labute approximate surface area is 267 Å². The number of anilines is 3. The number of fused-ring (bicyclic) bond motifs is 1. The van der Waals surface area contributed by atoms with Crippen LogP contribution in [0.1, 0.15) is 5.56 Å². The molecule has 236 valence electrons. The first-order chi connectivity index (χ1) is 21.5. The third-order valence-corrected chi connectivity index (χ3v) is 11.1. The van der Waals surface area contributed by atoms with Crippen LogP contribution in [0.15, 0.2) is 94.7 Å². The second-order valence-electron chi connectivity index (χ2n) is 9.90. The number of amides is 1. The van der Waals surface area contributed by atoms with Crippen molar-refractivity contribution in [3.05, 3.63) is 95.5 Å².